The standard InChI is InChI=1S/C19H25N2O5PS/c1-4-25-27(22,26-5-2)15-19(17-9-7-6-8-10-17)20-21-28(23,24)18-13-11-16(3)12-14-18/h6-14,21H,4-5,15H2,1-3H3/b20-19-. The maximum absolute atomic E-state index is 12.9. The van der Waals surface area contributed by atoms with Gasteiger partial charge in [0, 0.05) is 0 Å². The number of hydrazone groups is 1. The number of rotatable bonds is 10. The fourth-order valence-corrected chi connectivity index (χ4v) is 4.91. The summed E-state index contributed by atoms with van der Waals surface area (Å²) in [5.41, 5.74) is 1.83. The number of aryl methyl sites for hydroxylation is 1. The van der Waals surface area contributed by atoms with Crippen LogP contribution in [-0.4, -0.2) is 33.5 Å². The van der Waals surface area contributed by atoms with Gasteiger partial charge in [-0.05, 0) is 38.5 Å². The predicted molar refractivity (Wildman–Crippen MR) is 110 cm³/mol. The Bertz CT molecular complexity index is 934. The summed E-state index contributed by atoms with van der Waals surface area (Å²) in [5, 5.41) is 4.06. The molecule has 0 aliphatic rings. The molecule has 2 aromatic rings. The predicted octanol–water partition coefficient (Wildman–Crippen LogP) is 3.94. The Morgan fingerprint density at radius 1 is 1.00 bits per heavy atom. The summed E-state index contributed by atoms with van der Waals surface area (Å²) in [6, 6.07) is 15.3. The highest BCUT2D eigenvalue weighted by molar-refractivity contribution is 7.89. The molecule has 0 bridgehead atoms. The van der Waals surface area contributed by atoms with E-state index in [-0.39, 0.29) is 30.0 Å². The van der Waals surface area contributed by atoms with Gasteiger partial charge in [-0.15, -0.1) is 0 Å². The molecule has 0 amide bonds. The average molecular weight is 424 g/mol. The molecule has 0 aliphatic carbocycles. The van der Waals surface area contributed by atoms with Crippen molar-refractivity contribution in [3.63, 3.8) is 0 Å². The van der Waals surface area contributed by atoms with E-state index in [4.69, 9.17) is 9.05 Å². The Kier molecular flexibility index (Phi) is 7.95. The molecule has 9 heteroatoms. The molecule has 0 spiro atoms. The Morgan fingerprint density at radius 2 is 1.57 bits per heavy atom. The van der Waals surface area contributed by atoms with Crippen molar-refractivity contribution in [2.45, 2.75) is 25.7 Å². The van der Waals surface area contributed by atoms with E-state index in [0.717, 1.165) is 5.56 Å². The first-order valence-electron chi connectivity index (χ1n) is 8.88. The molecular weight excluding hydrogens is 399 g/mol. The second kappa shape index (κ2) is 9.98. The maximum Gasteiger partial charge on any atom is 0.336 e. The van der Waals surface area contributed by atoms with Gasteiger partial charge in [-0.2, -0.15) is 18.4 Å². The van der Waals surface area contributed by atoms with Crippen molar-refractivity contribution in [1.82, 2.24) is 4.83 Å². The van der Waals surface area contributed by atoms with Crippen molar-refractivity contribution in [2.24, 2.45) is 5.10 Å². The second-order valence-corrected chi connectivity index (χ2v) is 9.65. The fourth-order valence-electron chi connectivity index (χ4n) is 2.41. The van der Waals surface area contributed by atoms with Gasteiger partial charge in [-0.1, -0.05) is 48.0 Å². The highest BCUT2D eigenvalue weighted by Crippen LogP contribution is 2.48. The van der Waals surface area contributed by atoms with Gasteiger partial charge in [0.15, 0.2) is 0 Å². The zero-order valence-corrected chi connectivity index (χ0v) is 17.9. The van der Waals surface area contributed by atoms with E-state index < -0.39 is 17.6 Å². The van der Waals surface area contributed by atoms with Crippen LogP contribution in [0.2, 0.25) is 0 Å². The number of hydrogen-bond donors (Lipinski definition) is 1. The number of nitrogens with zero attached hydrogens (tertiary/aromatic N) is 1. The van der Waals surface area contributed by atoms with Gasteiger partial charge in [0.1, 0.15) is 0 Å². The van der Waals surface area contributed by atoms with Gasteiger partial charge in [-0.25, -0.2) is 0 Å². The molecule has 2 aromatic carbocycles. The lowest BCUT2D eigenvalue weighted by molar-refractivity contribution is 0.223. The highest BCUT2D eigenvalue weighted by atomic mass is 32.2. The molecule has 28 heavy (non-hydrogen) atoms. The SMILES string of the molecule is CCOP(=O)(C/C(=N/NS(=O)(=O)c1ccc(C)cc1)c1ccccc1)OCC. The van der Waals surface area contributed by atoms with E-state index in [9.17, 15) is 13.0 Å². The summed E-state index contributed by atoms with van der Waals surface area (Å²) in [5.74, 6) is 0. The fraction of sp³-hybridized carbons (Fsp3) is 0.316. The van der Waals surface area contributed by atoms with Crippen LogP contribution in [0.25, 0.3) is 0 Å². The summed E-state index contributed by atoms with van der Waals surface area (Å²) in [6.07, 6.45) is -0.158. The van der Waals surface area contributed by atoms with Crippen molar-refractivity contribution in [2.75, 3.05) is 19.4 Å². The van der Waals surface area contributed by atoms with Gasteiger partial charge < -0.3 is 9.05 Å². The minimum absolute atomic E-state index is 0.0899. The zero-order chi connectivity index (χ0) is 20.6. The smallest absolute Gasteiger partial charge is 0.309 e. The largest absolute Gasteiger partial charge is 0.336 e. The quantitative estimate of drug-likeness (QED) is 0.354. The molecule has 0 aromatic heterocycles. The van der Waals surface area contributed by atoms with Crippen LogP contribution >= 0.6 is 7.60 Å². The lowest BCUT2D eigenvalue weighted by Gasteiger charge is -2.18. The van der Waals surface area contributed by atoms with E-state index in [0.29, 0.717) is 5.56 Å². The van der Waals surface area contributed by atoms with Crippen LogP contribution in [0.15, 0.2) is 64.6 Å². The first-order valence-corrected chi connectivity index (χ1v) is 12.1. The van der Waals surface area contributed by atoms with Crippen LogP contribution in [0, 0.1) is 6.92 Å². The normalized spacial score (nSPS) is 12.8. The number of nitrogens with one attached hydrogen (secondary N) is 1. The van der Waals surface area contributed by atoms with Crippen LogP contribution in [0.5, 0.6) is 0 Å². The Labute approximate surface area is 166 Å². The maximum atomic E-state index is 12.9. The first-order chi connectivity index (χ1) is 13.3. The molecular formula is C19H25N2O5PS. The average Bonchev–Trinajstić information content (AvgIpc) is 2.66. The van der Waals surface area contributed by atoms with Gasteiger partial charge in [0.05, 0.1) is 30.0 Å². The topological polar surface area (TPSA) is 94.1 Å². The monoisotopic (exact) mass is 424 g/mol. The van der Waals surface area contributed by atoms with E-state index in [1.54, 1.807) is 50.2 Å². The van der Waals surface area contributed by atoms with Gasteiger partial charge in [-0.3, -0.25) is 4.57 Å². The molecule has 0 saturated carbocycles. The van der Waals surface area contributed by atoms with Gasteiger partial charge in [0.2, 0.25) is 0 Å². The summed E-state index contributed by atoms with van der Waals surface area (Å²) in [4.78, 5) is 2.32. The molecule has 0 unspecified atom stereocenters. The third-order valence-corrected chi connectivity index (χ3v) is 6.95. The highest BCUT2D eigenvalue weighted by Gasteiger charge is 2.27. The molecule has 0 aliphatic heterocycles. The summed E-state index contributed by atoms with van der Waals surface area (Å²) < 4.78 is 48.7. The van der Waals surface area contributed by atoms with Crippen LogP contribution in [0.1, 0.15) is 25.0 Å². The Balaban J connectivity index is 2.36. The van der Waals surface area contributed by atoms with Crippen LogP contribution in [-0.2, 0) is 23.6 Å². The molecule has 0 fully saturated rings. The first kappa shape index (κ1) is 22.3. The summed E-state index contributed by atoms with van der Waals surface area (Å²) in [7, 11) is -7.34. The minimum atomic E-state index is -3.87. The third-order valence-electron chi connectivity index (χ3n) is 3.73. The third kappa shape index (κ3) is 6.27. The number of sulfonamides is 1. The molecule has 0 saturated heterocycles. The molecule has 152 valence electrons. The Hall–Kier alpha value is -1.99. The lowest BCUT2D eigenvalue weighted by atomic mass is 10.1. The molecule has 2 rings (SSSR count). The van der Waals surface area contributed by atoms with E-state index >= 15 is 0 Å². The number of benzene rings is 2. The van der Waals surface area contributed by atoms with Gasteiger partial charge >= 0.3 is 7.60 Å². The van der Waals surface area contributed by atoms with Crippen molar-refractivity contribution in [3.8, 4) is 0 Å². The summed E-state index contributed by atoms with van der Waals surface area (Å²) >= 11 is 0. The van der Waals surface area contributed by atoms with Crippen molar-refractivity contribution in [3.05, 3.63) is 65.7 Å². The zero-order valence-electron chi connectivity index (χ0n) is 16.2. The molecule has 0 radical (unpaired) electrons. The number of hydrogen-bond acceptors (Lipinski definition) is 6. The molecule has 0 atom stereocenters. The van der Waals surface area contributed by atoms with E-state index in [1.165, 1.54) is 12.1 Å². The van der Waals surface area contributed by atoms with E-state index in [2.05, 4.69) is 9.93 Å². The lowest BCUT2D eigenvalue weighted by Crippen LogP contribution is -2.22. The van der Waals surface area contributed by atoms with Crippen molar-refractivity contribution in [1.29, 1.82) is 0 Å². The molecule has 7 nitrogen and oxygen atoms in total. The van der Waals surface area contributed by atoms with E-state index in [1.807, 2.05) is 13.0 Å². The van der Waals surface area contributed by atoms with Crippen LogP contribution in [0.3, 0.4) is 0 Å². The van der Waals surface area contributed by atoms with Crippen molar-refractivity contribution >= 4 is 23.3 Å². The van der Waals surface area contributed by atoms with Crippen LogP contribution < -0.4 is 4.83 Å². The van der Waals surface area contributed by atoms with Crippen LogP contribution in [0.4, 0.5) is 0 Å². The van der Waals surface area contributed by atoms with Crippen molar-refractivity contribution < 1.29 is 22.0 Å². The minimum Gasteiger partial charge on any atom is -0.309 e. The Morgan fingerprint density at radius 3 is 2.11 bits per heavy atom. The summed E-state index contributed by atoms with van der Waals surface area (Å²) in [6.45, 7) is 5.70. The van der Waals surface area contributed by atoms with Gasteiger partial charge in [0.25, 0.3) is 10.0 Å². The molecule has 1 N–H and O–H groups in total. The second-order valence-electron chi connectivity index (χ2n) is 5.94. The molecule has 0 heterocycles.